The van der Waals surface area contributed by atoms with E-state index in [9.17, 15) is 9.59 Å². The number of halogens is 1. The lowest BCUT2D eigenvalue weighted by Gasteiger charge is -2.39. The quantitative estimate of drug-likeness (QED) is 0.786. The largest absolute Gasteiger partial charge is 0.444 e. The highest BCUT2D eigenvalue weighted by Crippen LogP contribution is 2.16. The first-order chi connectivity index (χ1) is 11.2. The van der Waals surface area contributed by atoms with Gasteiger partial charge in [0.15, 0.2) is 0 Å². The van der Waals surface area contributed by atoms with E-state index in [2.05, 4.69) is 26.2 Å². The molecule has 0 unspecified atom stereocenters. The zero-order chi connectivity index (χ0) is 17.9. The standard InChI is InChI=1S/C16H23BrN4O3/c1-11-10-20(15(23)24-16(2,3)4)7-8-21(11)14(22)19-13-6-5-12(17)9-18-13/h5-6,9,11H,7-8,10H2,1-4H3,(H,18,19,22)/t11-/m0/s1. The molecule has 1 atom stereocenters. The highest BCUT2D eigenvalue weighted by molar-refractivity contribution is 9.10. The molecule has 0 radical (unpaired) electrons. The second-order valence-corrected chi connectivity index (χ2v) is 7.68. The summed E-state index contributed by atoms with van der Waals surface area (Å²) in [4.78, 5) is 32.0. The van der Waals surface area contributed by atoms with Crippen molar-refractivity contribution in [3.8, 4) is 0 Å². The van der Waals surface area contributed by atoms with Gasteiger partial charge in [-0.2, -0.15) is 0 Å². The van der Waals surface area contributed by atoms with Crippen LogP contribution in [-0.4, -0.2) is 58.2 Å². The van der Waals surface area contributed by atoms with Gasteiger partial charge in [0.2, 0.25) is 0 Å². The van der Waals surface area contributed by atoms with Crippen LogP contribution in [0, 0.1) is 0 Å². The lowest BCUT2D eigenvalue weighted by molar-refractivity contribution is 0.0112. The second kappa shape index (κ2) is 7.38. The predicted octanol–water partition coefficient (Wildman–Crippen LogP) is 3.32. The number of nitrogens with one attached hydrogen (secondary N) is 1. The molecule has 0 spiro atoms. The van der Waals surface area contributed by atoms with Crippen molar-refractivity contribution in [1.29, 1.82) is 0 Å². The number of urea groups is 1. The molecule has 24 heavy (non-hydrogen) atoms. The molecule has 2 rings (SSSR count). The molecule has 3 amide bonds. The van der Waals surface area contributed by atoms with E-state index in [1.807, 2.05) is 33.8 Å². The number of nitrogens with zero attached hydrogens (tertiary/aromatic N) is 3. The smallest absolute Gasteiger partial charge is 0.410 e. The Morgan fingerprint density at radius 1 is 1.33 bits per heavy atom. The molecule has 7 nitrogen and oxygen atoms in total. The Hall–Kier alpha value is -1.83. The van der Waals surface area contributed by atoms with Gasteiger partial charge in [-0.25, -0.2) is 14.6 Å². The van der Waals surface area contributed by atoms with E-state index in [1.165, 1.54) is 0 Å². The van der Waals surface area contributed by atoms with E-state index < -0.39 is 5.60 Å². The van der Waals surface area contributed by atoms with Gasteiger partial charge in [-0.1, -0.05) is 0 Å². The minimum Gasteiger partial charge on any atom is -0.444 e. The summed E-state index contributed by atoms with van der Waals surface area (Å²) in [7, 11) is 0. The molecule has 2 heterocycles. The van der Waals surface area contributed by atoms with Crippen LogP contribution in [0.3, 0.4) is 0 Å². The van der Waals surface area contributed by atoms with E-state index in [0.717, 1.165) is 4.47 Å². The number of aromatic nitrogens is 1. The summed E-state index contributed by atoms with van der Waals surface area (Å²) in [6.07, 6.45) is 1.28. The number of carbonyl (C=O) groups excluding carboxylic acids is 2. The number of amides is 3. The molecule has 1 aliphatic heterocycles. The van der Waals surface area contributed by atoms with E-state index in [-0.39, 0.29) is 18.2 Å². The molecule has 132 valence electrons. The Bertz CT molecular complexity index is 600. The lowest BCUT2D eigenvalue weighted by atomic mass is 10.2. The number of piperazine rings is 1. The molecular formula is C16H23BrN4O3. The van der Waals surface area contributed by atoms with Crippen LogP contribution in [0.5, 0.6) is 0 Å². The van der Waals surface area contributed by atoms with E-state index in [4.69, 9.17) is 4.74 Å². The number of carbonyl (C=O) groups is 2. The molecule has 8 heteroatoms. The van der Waals surface area contributed by atoms with E-state index >= 15 is 0 Å². The van der Waals surface area contributed by atoms with Gasteiger partial charge >= 0.3 is 12.1 Å². The van der Waals surface area contributed by atoms with Crippen molar-refractivity contribution in [3.05, 3.63) is 22.8 Å². The number of pyridine rings is 1. The summed E-state index contributed by atoms with van der Waals surface area (Å²) in [5.41, 5.74) is -0.526. The zero-order valence-corrected chi connectivity index (χ0v) is 16.0. The molecule has 0 saturated carbocycles. The number of rotatable bonds is 1. The number of hydrogen-bond donors (Lipinski definition) is 1. The Kier molecular flexibility index (Phi) is 5.69. The van der Waals surface area contributed by atoms with E-state index in [1.54, 1.807) is 22.1 Å². The maximum absolute atomic E-state index is 12.4. The van der Waals surface area contributed by atoms with Crippen LogP contribution in [0.25, 0.3) is 0 Å². The molecule has 0 aliphatic carbocycles. The average molecular weight is 399 g/mol. The Labute approximate surface area is 150 Å². The zero-order valence-electron chi connectivity index (χ0n) is 14.4. The molecule has 1 N–H and O–H groups in total. The van der Waals surface area contributed by atoms with Crippen molar-refractivity contribution in [2.24, 2.45) is 0 Å². The van der Waals surface area contributed by atoms with Crippen molar-refractivity contribution in [2.45, 2.75) is 39.3 Å². The molecule has 1 saturated heterocycles. The SMILES string of the molecule is C[C@H]1CN(C(=O)OC(C)(C)C)CCN1C(=O)Nc1ccc(Br)cn1. The highest BCUT2D eigenvalue weighted by atomic mass is 79.9. The first-order valence-corrected chi connectivity index (χ1v) is 8.62. The second-order valence-electron chi connectivity index (χ2n) is 6.76. The molecule has 0 aromatic carbocycles. The average Bonchev–Trinajstić information content (AvgIpc) is 2.47. The summed E-state index contributed by atoms with van der Waals surface area (Å²) in [6.45, 7) is 8.75. The number of hydrogen-bond acceptors (Lipinski definition) is 4. The highest BCUT2D eigenvalue weighted by Gasteiger charge is 2.32. The molecule has 1 aromatic rings. The predicted molar refractivity (Wildman–Crippen MR) is 94.9 cm³/mol. The van der Waals surface area contributed by atoms with Crippen molar-refractivity contribution in [3.63, 3.8) is 0 Å². The van der Waals surface area contributed by atoms with Crippen molar-refractivity contribution in [1.82, 2.24) is 14.8 Å². The fourth-order valence-corrected chi connectivity index (χ4v) is 2.62. The first-order valence-electron chi connectivity index (χ1n) is 7.83. The number of anilines is 1. The topological polar surface area (TPSA) is 74.8 Å². The van der Waals surface area contributed by atoms with Crippen molar-refractivity contribution >= 4 is 33.9 Å². The molecular weight excluding hydrogens is 376 g/mol. The third-order valence-corrected chi connectivity index (χ3v) is 3.97. The number of ether oxygens (including phenoxy) is 1. The molecule has 1 fully saturated rings. The maximum Gasteiger partial charge on any atom is 0.410 e. The van der Waals surface area contributed by atoms with Crippen LogP contribution in [0.2, 0.25) is 0 Å². The van der Waals surface area contributed by atoms with Gasteiger partial charge in [-0.3, -0.25) is 5.32 Å². The molecule has 1 aliphatic rings. The third-order valence-electron chi connectivity index (χ3n) is 3.50. The van der Waals surface area contributed by atoms with Gasteiger partial charge < -0.3 is 14.5 Å². The molecule has 1 aromatic heterocycles. The van der Waals surface area contributed by atoms with Crippen molar-refractivity contribution < 1.29 is 14.3 Å². The Balaban J connectivity index is 1.91. The van der Waals surface area contributed by atoms with Gasteiger partial charge in [-0.15, -0.1) is 0 Å². The summed E-state index contributed by atoms with van der Waals surface area (Å²) in [5.74, 6) is 0.491. The minimum atomic E-state index is -0.526. The van der Waals surface area contributed by atoms with Crippen LogP contribution in [0.4, 0.5) is 15.4 Å². The summed E-state index contributed by atoms with van der Waals surface area (Å²) >= 11 is 3.30. The van der Waals surface area contributed by atoms with E-state index in [0.29, 0.717) is 25.5 Å². The Morgan fingerprint density at radius 2 is 2.04 bits per heavy atom. The van der Waals surface area contributed by atoms with Crippen LogP contribution in [-0.2, 0) is 4.74 Å². The Morgan fingerprint density at radius 3 is 2.58 bits per heavy atom. The summed E-state index contributed by atoms with van der Waals surface area (Å²) in [6, 6.07) is 3.21. The van der Waals surface area contributed by atoms with Crippen LogP contribution < -0.4 is 5.32 Å². The normalized spacial score (nSPS) is 18.3. The van der Waals surface area contributed by atoms with Crippen LogP contribution in [0.1, 0.15) is 27.7 Å². The monoisotopic (exact) mass is 398 g/mol. The minimum absolute atomic E-state index is 0.110. The summed E-state index contributed by atoms with van der Waals surface area (Å²) in [5, 5.41) is 2.77. The first kappa shape index (κ1) is 18.5. The summed E-state index contributed by atoms with van der Waals surface area (Å²) < 4.78 is 6.23. The fourth-order valence-electron chi connectivity index (χ4n) is 2.38. The lowest BCUT2D eigenvalue weighted by Crippen LogP contribution is -2.57. The van der Waals surface area contributed by atoms with Gasteiger partial charge in [0.05, 0.1) is 0 Å². The van der Waals surface area contributed by atoms with Gasteiger partial charge in [0, 0.05) is 36.3 Å². The van der Waals surface area contributed by atoms with Gasteiger partial charge in [0.1, 0.15) is 11.4 Å². The third kappa shape index (κ3) is 5.09. The maximum atomic E-state index is 12.4. The fraction of sp³-hybridized carbons (Fsp3) is 0.562. The molecule has 0 bridgehead atoms. The van der Waals surface area contributed by atoms with Crippen LogP contribution in [0.15, 0.2) is 22.8 Å². The van der Waals surface area contributed by atoms with Gasteiger partial charge in [-0.05, 0) is 55.8 Å². The van der Waals surface area contributed by atoms with Crippen molar-refractivity contribution in [2.75, 3.05) is 25.0 Å². The van der Waals surface area contributed by atoms with Gasteiger partial charge in [0.25, 0.3) is 0 Å². The van der Waals surface area contributed by atoms with Crippen LogP contribution >= 0.6 is 15.9 Å².